The standard InChI is InChI=1S/C21H28N6O/c1-16(27-12-6-9-22-27)13-21(28)23-17-7-8-19-18(14-17)24-20(25(19)2)15-26-10-4-3-5-11-26/h6-9,12,14,16H,3-5,10-11,13,15H2,1-2H3,(H,23,28)/t16-/m0/s1. The summed E-state index contributed by atoms with van der Waals surface area (Å²) in [6.07, 6.45) is 7.87. The highest BCUT2D eigenvalue weighted by Gasteiger charge is 2.16. The van der Waals surface area contributed by atoms with Crippen molar-refractivity contribution in [2.45, 2.75) is 45.2 Å². The highest BCUT2D eigenvalue weighted by atomic mass is 16.1. The summed E-state index contributed by atoms with van der Waals surface area (Å²) < 4.78 is 3.96. The first kappa shape index (κ1) is 18.7. The van der Waals surface area contributed by atoms with Gasteiger partial charge >= 0.3 is 0 Å². The molecule has 1 saturated heterocycles. The molecule has 1 aliphatic rings. The number of hydrogen-bond acceptors (Lipinski definition) is 4. The van der Waals surface area contributed by atoms with Gasteiger partial charge in [0.15, 0.2) is 0 Å². The van der Waals surface area contributed by atoms with Crippen molar-refractivity contribution in [3.63, 3.8) is 0 Å². The Kier molecular flexibility index (Phi) is 5.43. The molecule has 0 aliphatic carbocycles. The van der Waals surface area contributed by atoms with Crippen molar-refractivity contribution in [3.8, 4) is 0 Å². The van der Waals surface area contributed by atoms with Crippen LogP contribution in [0.4, 0.5) is 5.69 Å². The van der Waals surface area contributed by atoms with Crippen LogP contribution >= 0.6 is 0 Å². The molecule has 0 spiro atoms. The maximum Gasteiger partial charge on any atom is 0.226 e. The average molecular weight is 380 g/mol. The molecule has 1 aliphatic heterocycles. The fourth-order valence-electron chi connectivity index (χ4n) is 3.90. The molecule has 2 aromatic heterocycles. The number of rotatable bonds is 6. The molecule has 1 aromatic carbocycles. The van der Waals surface area contributed by atoms with Gasteiger partial charge in [-0.25, -0.2) is 4.98 Å². The molecule has 7 heteroatoms. The quantitative estimate of drug-likeness (QED) is 0.712. The number of piperidine rings is 1. The highest BCUT2D eigenvalue weighted by Crippen LogP contribution is 2.22. The van der Waals surface area contributed by atoms with Crippen LogP contribution in [-0.2, 0) is 18.4 Å². The van der Waals surface area contributed by atoms with Crippen molar-refractivity contribution in [2.24, 2.45) is 7.05 Å². The number of aryl methyl sites for hydroxylation is 1. The molecule has 3 aromatic rings. The second kappa shape index (κ2) is 8.14. The number of carbonyl (C=O) groups excluding carboxylic acids is 1. The van der Waals surface area contributed by atoms with Gasteiger partial charge in [-0.05, 0) is 57.1 Å². The first-order chi connectivity index (χ1) is 13.6. The number of imidazole rings is 1. The minimum atomic E-state index is -0.0215. The van der Waals surface area contributed by atoms with E-state index in [0.717, 1.165) is 42.2 Å². The van der Waals surface area contributed by atoms with E-state index in [9.17, 15) is 4.79 Å². The van der Waals surface area contributed by atoms with E-state index in [0.29, 0.717) is 6.42 Å². The smallest absolute Gasteiger partial charge is 0.226 e. The summed E-state index contributed by atoms with van der Waals surface area (Å²) in [5, 5.41) is 7.19. The van der Waals surface area contributed by atoms with Gasteiger partial charge in [-0.3, -0.25) is 14.4 Å². The largest absolute Gasteiger partial charge is 0.330 e. The second-order valence-corrected chi connectivity index (χ2v) is 7.71. The van der Waals surface area contributed by atoms with Crippen molar-refractivity contribution in [3.05, 3.63) is 42.5 Å². The van der Waals surface area contributed by atoms with Gasteiger partial charge in [-0.2, -0.15) is 5.10 Å². The molecule has 148 valence electrons. The number of aromatic nitrogens is 4. The molecule has 4 rings (SSSR count). The van der Waals surface area contributed by atoms with Crippen molar-refractivity contribution in [2.75, 3.05) is 18.4 Å². The van der Waals surface area contributed by atoms with Crippen molar-refractivity contribution in [1.82, 2.24) is 24.2 Å². The summed E-state index contributed by atoms with van der Waals surface area (Å²) in [5.74, 6) is 1.06. The predicted molar refractivity (Wildman–Crippen MR) is 110 cm³/mol. The van der Waals surface area contributed by atoms with Crippen LogP contribution in [0.5, 0.6) is 0 Å². The first-order valence-electron chi connectivity index (χ1n) is 10.1. The minimum Gasteiger partial charge on any atom is -0.330 e. The van der Waals surface area contributed by atoms with E-state index in [1.54, 1.807) is 10.9 Å². The lowest BCUT2D eigenvalue weighted by Gasteiger charge is -2.25. The number of anilines is 1. The van der Waals surface area contributed by atoms with E-state index >= 15 is 0 Å². The minimum absolute atomic E-state index is 0.0183. The summed E-state index contributed by atoms with van der Waals surface area (Å²) >= 11 is 0. The number of nitrogens with zero attached hydrogens (tertiary/aromatic N) is 5. The van der Waals surface area contributed by atoms with Crippen LogP contribution in [0.15, 0.2) is 36.7 Å². The molecular formula is C21H28N6O. The molecule has 1 fully saturated rings. The van der Waals surface area contributed by atoms with Crippen LogP contribution in [0.3, 0.4) is 0 Å². The third-order valence-electron chi connectivity index (χ3n) is 5.53. The van der Waals surface area contributed by atoms with Crippen LogP contribution in [0, 0.1) is 0 Å². The van der Waals surface area contributed by atoms with Crippen molar-refractivity contribution in [1.29, 1.82) is 0 Å². The summed E-state index contributed by atoms with van der Waals surface area (Å²) in [4.78, 5) is 19.7. The zero-order valence-corrected chi connectivity index (χ0v) is 16.6. The van der Waals surface area contributed by atoms with Crippen LogP contribution in [0.25, 0.3) is 11.0 Å². The molecule has 1 atom stereocenters. The third-order valence-corrected chi connectivity index (χ3v) is 5.53. The van der Waals surface area contributed by atoms with Gasteiger partial charge in [-0.15, -0.1) is 0 Å². The van der Waals surface area contributed by atoms with Gasteiger partial charge < -0.3 is 9.88 Å². The molecule has 0 unspecified atom stereocenters. The summed E-state index contributed by atoms with van der Waals surface area (Å²) in [6, 6.07) is 7.83. The van der Waals surface area contributed by atoms with Gasteiger partial charge in [0.25, 0.3) is 0 Å². The molecule has 3 heterocycles. The molecule has 0 saturated carbocycles. The normalized spacial score (nSPS) is 16.4. The summed E-state index contributed by atoms with van der Waals surface area (Å²) in [5.41, 5.74) is 2.80. The summed E-state index contributed by atoms with van der Waals surface area (Å²) in [7, 11) is 2.07. The molecule has 7 nitrogen and oxygen atoms in total. The lowest BCUT2D eigenvalue weighted by atomic mass is 10.1. The maximum atomic E-state index is 12.4. The van der Waals surface area contributed by atoms with Crippen molar-refractivity contribution >= 4 is 22.6 Å². The number of hydrogen-bond donors (Lipinski definition) is 1. The van der Waals surface area contributed by atoms with Gasteiger partial charge in [0.1, 0.15) is 5.82 Å². The third kappa shape index (κ3) is 4.09. The SMILES string of the molecule is C[C@@H](CC(=O)Nc1ccc2c(c1)nc(CN1CCCCC1)n2C)n1cccn1. The number of amides is 1. The number of carbonyl (C=O) groups is 1. The Morgan fingerprint density at radius 1 is 1.25 bits per heavy atom. The number of fused-ring (bicyclic) bond motifs is 1. The zero-order chi connectivity index (χ0) is 19.5. The molecule has 0 bridgehead atoms. The zero-order valence-electron chi connectivity index (χ0n) is 16.6. The van der Waals surface area contributed by atoms with E-state index in [2.05, 4.69) is 26.9 Å². The topological polar surface area (TPSA) is 68.0 Å². The number of benzene rings is 1. The Bertz CT molecular complexity index is 939. The van der Waals surface area contributed by atoms with Crippen LogP contribution < -0.4 is 5.32 Å². The number of likely N-dealkylation sites (tertiary alicyclic amines) is 1. The average Bonchev–Trinajstić information content (AvgIpc) is 3.32. The van der Waals surface area contributed by atoms with E-state index in [1.165, 1.54) is 19.3 Å². The van der Waals surface area contributed by atoms with Gasteiger partial charge in [-0.1, -0.05) is 6.42 Å². The van der Waals surface area contributed by atoms with Crippen LogP contribution in [0.2, 0.25) is 0 Å². The van der Waals surface area contributed by atoms with E-state index in [1.807, 2.05) is 37.4 Å². The fraction of sp³-hybridized carbons (Fsp3) is 0.476. The first-order valence-corrected chi connectivity index (χ1v) is 10.1. The monoisotopic (exact) mass is 380 g/mol. The molecule has 1 N–H and O–H groups in total. The second-order valence-electron chi connectivity index (χ2n) is 7.71. The predicted octanol–water partition coefficient (Wildman–Crippen LogP) is 3.35. The Hall–Kier alpha value is -2.67. The van der Waals surface area contributed by atoms with E-state index in [4.69, 9.17) is 4.98 Å². The number of nitrogens with one attached hydrogen (secondary N) is 1. The van der Waals surface area contributed by atoms with Gasteiger partial charge in [0.2, 0.25) is 5.91 Å². The fourth-order valence-corrected chi connectivity index (χ4v) is 3.90. The van der Waals surface area contributed by atoms with E-state index in [-0.39, 0.29) is 11.9 Å². The van der Waals surface area contributed by atoms with Gasteiger partial charge in [0, 0.05) is 31.5 Å². The molecular weight excluding hydrogens is 352 g/mol. The summed E-state index contributed by atoms with van der Waals surface area (Å²) in [6.45, 7) is 5.17. The van der Waals surface area contributed by atoms with Crippen LogP contribution in [0.1, 0.15) is 44.5 Å². The maximum absolute atomic E-state index is 12.4. The lowest BCUT2D eigenvalue weighted by Crippen LogP contribution is -2.30. The Labute approximate surface area is 165 Å². The van der Waals surface area contributed by atoms with Crippen LogP contribution in [-0.4, -0.2) is 43.2 Å². The molecule has 0 radical (unpaired) electrons. The van der Waals surface area contributed by atoms with Gasteiger partial charge in [0.05, 0.1) is 23.6 Å². The Morgan fingerprint density at radius 3 is 2.82 bits per heavy atom. The molecule has 1 amide bonds. The highest BCUT2D eigenvalue weighted by molar-refractivity contribution is 5.93. The molecule has 28 heavy (non-hydrogen) atoms. The Morgan fingerprint density at radius 2 is 2.07 bits per heavy atom. The van der Waals surface area contributed by atoms with Crippen molar-refractivity contribution < 1.29 is 4.79 Å². The Balaban J connectivity index is 1.44. The van der Waals surface area contributed by atoms with E-state index < -0.39 is 0 Å². The lowest BCUT2D eigenvalue weighted by molar-refractivity contribution is -0.116.